The Morgan fingerprint density at radius 2 is 1.79 bits per heavy atom. The monoisotopic (exact) mass is 386 g/mol. The lowest BCUT2D eigenvalue weighted by Crippen LogP contribution is -2.44. The first kappa shape index (κ1) is 20.2. The second-order valence-corrected chi connectivity index (χ2v) is 7.57. The topological polar surface area (TPSA) is 90.5 Å². The summed E-state index contributed by atoms with van der Waals surface area (Å²) in [5, 5.41) is 8.66. The number of benzene rings is 1. The molecule has 0 unspecified atom stereocenters. The van der Waals surface area contributed by atoms with Crippen LogP contribution in [-0.2, 0) is 17.6 Å². The van der Waals surface area contributed by atoms with Gasteiger partial charge >= 0.3 is 12.1 Å². The van der Waals surface area contributed by atoms with Gasteiger partial charge in [-0.25, -0.2) is 9.59 Å². The van der Waals surface area contributed by atoms with Gasteiger partial charge in [0.05, 0.1) is 0 Å². The molecule has 28 heavy (non-hydrogen) atoms. The van der Waals surface area contributed by atoms with E-state index in [4.69, 9.17) is 0 Å². The summed E-state index contributed by atoms with van der Waals surface area (Å²) in [6, 6.07) is 5.48. The molecule has 1 aromatic carbocycles. The molecule has 0 aromatic heterocycles. The van der Waals surface area contributed by atoms with Gasteiger partial charge in [-0.2, -0.15) is 0 Å². The zero-order valence-electron chi connectivity index (χ0n) is 16.8. The van der Waals surface area contributed by atoms with Gasteiger partial charge in [-0.1, -0.05) is 44.9 Å². The summed E-state index contributed by atoms with van der Waals surface area (Å²) in [5.74, 6) is -0.107. The Hall–Kier alpha value is -2.57. The maximum Gasteiger partial charge on any atom is 0.325 e. The van der Waals surface area contributed by atoms with Crippen molar-refractivity contribution in [1.29, 1.82) is 0 Å². The van der Waals surface area contributed by atoms with Crippen molar-refractivity contribution in [2.75, 3.05) is 18.4 Å². The molecule has 7 nitrogen and oxygen atoms in total. The molecule has 1 saturated carbocycles. The average Bonchev–Trinajstić information content (AvgIpc) is 3.25. The van der Waals surface area contributed by atoms with Crippen molar-refractivity contribution in [3.63, 3.8) is 0 Å². The van der Waals surface area contributed by atoms with E-state index in [1.54, 1.807) is 0 Å². The Kier molecular flexibility index (Phi) is 6.21. The first-order valence-corrected chi connectivity index (χ1v) is 10.3. The van der Waals surface area contributed by atoms with Gasteiger partial charge in [-0.05, 0) is 43.2 Å². The van der Waals surface area contributed by atoms with Crippen LogP contribution in [0, 0.1) is 0 Å². The largest absolute Gasteiger partial charge is 0.338 e. The van der Waals surface area contributed by atoms with Crippen molar-refractivity contribution < 1.29 is 14.4 Å². The van der Waals surface area contributed by atoms with E-state index in [1.807, 2.05) is 18.2 Å². The standard InChI is InChI=1S/C21H30N4O3/c1-3-15-9-7-10-16(4-2)17(15)23-19(27)22-13-8-14-25-18(26)21(24-20(25)28)11-5-6-12-21/h7,9-10H,3-6,8,11-14H2,1-2H3,(H,24,28)(H2,22,23,27). The Morgan fingerprint density at radius 1 is 1.14 bits per heavy atom. The zero-order chi connectivity index (χ0) is 20.1. The van der Waals surface area contributed by atoms with E-state index in [2.05, 4.69) is 29.8 Å². The molecular weight excluding hydrogens is 356 g/mol. The van der Waals surface area contributed by atoms with Crippen LogP contribution in [0.1, 0.15) is 57.1 Å². The van der Waals surface area contributed by atoms with Crippen LogP contribution in [0.15, 0.2) is 18.2 Å². The molecular formula is C21H30N4O3. The fourth-order valence-corrected chi connectivity index (χ4v) is 4.20. The van der Waals surface area contributed by atoms with Gasteiger partial charge in [0, 0.05) is 18.8 Å². The molecule has 1 spiro atoms. The van der Waals surface area contributed by atoms with Crippen LogP contribution in [0.5, 0.6) is 0 Å². The third kappa shape index (κ3) is 3.98. The van der Waals surface area contributed by atoms with Crippen molar-refractivity contribution >= 4 is 23.7 Å². The summed E-state index contributed by atoms with van der Waals surface area (Å²) in [5.41, 5.74) is 2.43. The number of nitrogens with zero attached hydrogens (tertiary/aromatic N) is 1. The third-order valence-corrected chi connectivity index (χ3v) is 5.78. The molecule has 7 heteroatoms. The molecule has 3 N–H and O–H groups in total. The molecule has 1 saturated heterocycles. The van der Waals surface area contributed by atoms with Gasteiger partial charge in [0.15, 0.2) is 0 Å². The second kappa shape index (κ2) is 8.63. The number of carbonyl (C=O) groups excluding carboxylic acids is 3. The first-order chi connectivity index (χ1) is 13.5. The van der Waals surface area contributed by atoms with Gasteiger partial charge in [-0.15, -0.1) is 0 Å². The van der Waals surface area contributed by atoms with Gasteiger partial charge in [0.25, 0.3) is 5.91 Å². The van der Waals surface area contributed by atoms with Crippen molar-refractivity contribution in [3.05, 3.63) is 29.3 Å². The van der Waals surface area contributed by atoms with E-state index in [1.165, 1.54) is 4.90 Å². The molecule has 3 rings (SSSR count). The maximum absolute atomic E-state index is 12.6. The number of anilines is 1. The minimum atomic E-state index is -0.664. The SMILES string of the molecule is CCc1cccc(CC)c1NC(=O)NCCCN1C(=O)NC2(CCCC2)C1=O. The Morgan fingerprint density at radius 3 is 2.39 bits per heavy atom. The predicted molar refractivity (Wildman–Crippen MR) is 108 cm³/mol. The predicted octanol–water partition coefficient (Wildman–Crippen LogP) is 3.19. The van der Waals surface area contributed by atoms with E-state index in [9.17, 15) is 14.4 Å². The summed E-state index contributed by atoms with van der Waals surface area (Å²) in [6.07, 6.45) is 5.62. The van der Waals surface area contributed by atoms with E-state index in [-0.39, 0.29) is 18.0 Å². The summed E-state index contributed by atoms with van der Waals surface area (Å²) in [6.45, 7) is 4.84. The molecule has 0 atom stereocenters. The van der Waals surface area contributed by atoms with Crippen LogP contribution >= 0.6 is 0 Å². The highest BCUT2D eigenvalue weighted by Crippen LogP contribution is 2.35. The van der Waals surface area contributed by atoms with E-state index < -0.39 is 5.54 Å². The lowest BCUT2D eigenvalue weighted by molar-refractivity contribution is -0.131. The molecule has 5 amide bonds. The molecule has 1 aliphatic carbocycles. The lowest BCUT2D eigenvalue weighted by Gasteiger charge is -2.20. The zero-order valence-corrected chi connectivity index (χ0v) is 16.8. The highest BCUT2D eigenvalue weighted by atomic mass is 16.2. The number of hydrogen-bond donors (Lipinski definition) is 3. The number of rotatable bonds is 7. The van der Waals surface area contributed by atoms with Gasteiger partial charge < -0.3 is 16.0 Å². The van der Waals surface area contributed by atoms with Crippen LogP contribution < -0.4 is 16.0 Å². The van der Waals surface area contributed by atoms with Crippen LogP contribution in [0.25, 0.3) is 0 Å². The van der Waals surface area contributed by atoms with Crippen LogP contribution in [0.3, 0.4) is 0 Å². The van der Waals surface area contributed by atoms with Crippen molar-refractivity contribution in [3.8, 4) is 0 Å². The molecule has 152 valence electrons. The van der Waals surface area contributed by atoms with Crippen LogP contribution in [0.4, 0.5) is 15.3 Å². The summed E-state index contributed by atoms with van der Waals surface area (Å²) in [7, 11) is 0. The number of para-hydroxylation sites is 1. The molecule has 1 aromatic rings. The molecule has 2 aliphatic rings. The molecule has 2 fully saturated rings. The van der Waals surface area contributed by atoms with E-state index >= 15 is 0 Å². The number of nitrogens with one attached hydrogen (secondary N) is 3. The van der Waals surface area contributed by atoms with Gasteiger partial charge in [0.1, 0.15) is 5.54 Å². The van der Waals surface area contributed by atoms with Crippen molar-refractivity contribution in [2.24, 2.45) is 0 Å². The molecule has 1 aliphatic heterocycles. The molecule has 1 heterocycles. The maximum atomic E-state index is 12.6. The summed E-state index contributed by atoms with van der Waals surface area (Å²) in [4.78, 5) is 38.3. The number of aryl methyl sites for hydroxylation is 2. The number of urea groups is 2. The number of carbonyl (C=O) groups is 3. The number of imide groups is 1. The van der Waals surface area contributed by atoms with Gasteiger partial charge in [-0.3, -0.25) is 9.69 Å². The Bertz CT molecular complexity index is 734. The normalized spacial score (nSPS) is 17.9. The minimum absolute atomic E-state index is 0.107. The quantitative estimate of drug-likeness (QED) is 0.496. The summed E-state index contributed by atoms with van der Waals surface area (Å²) >= 11 is 0. The summed E-state index contributed by atoms with van der Waals surface area (Å²) < 4.78 is 0. The van der Waals surface area contributed by atoms with Gasteiger partial charge in [0.2, 0.25) is 0 Å². The smallest absolute Gasteiger partial charge is 0.325 e. The lowest BCUT2D eigenvalue weighted by atomic mass is 9.98. The van der Waals surface area contributed by atoms with E-state index in [0.717, 1.165) is 55.3 Å². The van der Waals surface area contributed by atoms with Crippen LogP contribution in [-0.4, -0.2) is 41.5 Å². The highest BCUT2D eigenvalue weighted by Gasteiger charge is 2.51. The number of amides is 5. The Balaban J connectivity index is 1.48. The first-order valence-electron chi connectivity index (χ1n) is 10.3. The third-order valence-electron chi connectivity index (χ3n) is 5.78. The fraction of sp³-hybridized carbons (Fsp3) is 0.571. The fourth-order valence-electron chi connectivity index (χ4n) is 4.20. The number of hydrogen-bond acceptors (Lipinski definition) is 3. The van der Waals surface area contributed by atoms with Crippen molar-refractivity contribution in [2.45, 2.75) is 64.3 Å². The molecule has 0 bridgehead atoms. The Labute approximate surface area is 166 Å². The van der Waals surface area contributed by atoms with Crippen molar-refractivity contribution in [1.82, 2.24) is 15.5 Å². The second-order valence-electron chi connectivity index (χ2n) is 7.57. The average molecular weight is 386 g/mol. The minimum Gasteiger partial charge on any atom is -0.338 e. The van der Waals surface area contributed by atoms with Crippen LogP contribution in [0.2, 0.25) is 0 Å². The highest BCUT2D eigenvalue weighted by molar-refractivity contribution is 6.07. The van der Waals surface area contributed by atoms with E-state index in [0.29, 0.717) is 19.5 Å². The molecule has 0 radical (unpaired) electrons.